The van der Waals surface area contributed by atoms with Crippen LogP contribution in [0.2, 0.25) is 0 Å². The van der Waals surface area contributed by atoms with E-state index >= 15 is 0 Å². The lowest BCUT2D eigenvalue weighted by atomic mass is 9.76. The average Bonchev–Trinajstić information content (AvgIpc) is 3.29. The molecule has 3 rings (SSSR count). The van der Waals surface area contributed by atoms with Gasteiger partial charge in [0.05, 0.1) is 17.0 Å². The van der Waals surface area contributed by atoms with Crippen molar-refractivity contribution < 1.29 is 37.2 Å². The van der Waals surface area contributed by atoms with Crippen LogP contribution in [0.3, 0.4) is 0 Å². The summed E-state index contributed by atoms with van der Waals surface area (Å²) in [4.78, 5) is 83.0. The largest absolute Gasteiger partial charge is 0.344 e. The molecule has 3 aromatic rings. The Morgan fingerprint density at radius 3 is 1.88 bits per heavy atom. The van der Waals surface area contributed by atoms with Crippen molar-refractivity contribution in [3.05, 3.63) is 108 Å². The van der Waals surface area contributed by atoms with Gasteiger partial charge in [-0.25, -0.2) is 13.1 Å². The van der Waals surface area contributed by atoms with Gasteiger partial charge in [0.2, 0.25) is 29.5 Å². The van der Waals surface area contributed by atoms with E-state index in [1.807, 2.05) is 116 Å². The number of nitrogens with one attached hydrogen (secondary N) is 6. The first-order valence-corrected chi connectivity index (χ1v) is 25.2. The summed E-state index contributed by atoms with van der Waals surface area (Å²) in [7, 11) is -1.13. The lowest BCUT2D eigenvalue weighted by Gasteiger charge is -2.40. The van der Waals surface area contributed by atoms with Crippen LogP contribution in [0.4, 0.5) is 5.69 Å². The van der Waals surface area contributed by atoms with Gasteiger partial charge in [0.15, 0.2) is 0 Å². The summed E-state index contributed by atoms with van der Waals surface area (Å²) in [6, 6.07) is 19.8. The van der Waals surface area contributed by atoms with Gasteiger partial charge in [-0.1, -0.05) is 122 Å². The Bertz CT molecular complexity index is 2330. The molecule has 69 heavy (non-hydrogen) atoms. The van der Waals surface area contributed by atoms with Crippen molar-refractivity contribution in [1.82, 2.24) is 30.9 Å². The molecule has 0 saturated heterocycles. The number of carbonyl (C=O) groups excluding carboxylic acids is 6. The van der Waals surface area contributed by atoms with Gasteiger partial charge in [0.1, 0.15) is 18.1 Å². The first-order chi connectivity index (χ1) is 32.4. The molecule has 0 spiro atoms. The highest BCUT2D eigenvalue weighted by Gasteiger charge is 2.42. The number of likely N-dealkylation sites (N-methyl/N-ethyl adjacent to an activating group) is 2. The van der Waals surface area contributed by atoms with Gasteiger partial charge in [-0.2, -0.15) is 0 Å². The highest BCUT2D eigenvalue weighted by Crippen LogP contribution is 2.29. The minimum Gasteiger partial charge on any atom is -0.344 e. The number of nitrogens with zero attached hydrogens (tertiary/aromatic N) is 1. The Hall–Kier alpha value is -5.91. The SMILES string of the molecule is CCCC(=O)N[C@@H](Cc1ccccc1)C(=O)N[C@@H](CCCCN)C(=O)Nc1ccc(S(=O)(=O)NC(=O)/C(C)=C/[C@H](C(C)C)N(C)C(=O)C(NC(=O)[C@@H](NC)C(C)(C)c2ccccc2)C(C)(C)C)cc1. The Labute approximate surface area is 409 Å². The van der Waals surface area contributed by atoms with Crippen LogP contribution in [0.5, 0.6) is 0 Å². The summed E-state index contributed by atoms with van der Waals surface area (Å²) in [6.07, 6.45) is 3.95. The van der Waals surface area contributed by atoms with E-state index < -0.39 is 74.7 Å². The molecule has 0 aliphatic heterocycles. The van der Waals surface area contributed by atoms with E-state index in [0.29, 0.717) is 25.8 Å². The topological polar surface area (TPSA) is 238 Å². The second kappa shape index (κ2) is 26.2. The summed E-state index contributed by atoms with van der Waals surface area (Å²) < 4.78 is 29.2. The smallest absolute Gasteiger partial charge is 0.264 e. The van der Waals surface area contributed by atoms with Crippen molar-refractivity contribution in [2.75, 3.05) is 26.0 Å². The van der Waals surface area contributed by atoms with E-state index in [9.17, 15) is 37.2 Å². The van der Waals surface area contributed by atoms with Gasteiger partial charge in [0.25, 0.3) is 15.9 Å². The van der Waals surface area contributed by atoms with E-state index in [0.717, 1.165) is 11.1 Å². The Kier molecular flexibility index (Phi) is 21.8. The normalized spacial score (nSPS) is 14.4. The van der Waals surface area contributed by atoms with Crippen molar-refractivity contribution in [3.63, 3.8) is 0 Å². The molecule has 0 aliphatic carbocycles. The maximum Gasteiger partial charge on any atom is 0.264 e. The zero-order valence-corrected chi connectivity index (χ0v) is 43.1. The van der Waals surface area contributed by atoms with Gasteiger partial charge in [-0.05, 0) is 92.9 Å². The van der Waals surface area contributed by atoms with Gasteiger partial charge < -0.3 is 37.2 Å². The first kappa shape index (κ1) is 57.4. The molecule has 5 atom stereocenters. The Balaban J connectivity index is 1.76. The molecule has 0 radical (unpaired) electrons. The molecule has 8 N–H and O–H groups in total. The highest BCUT2D eigenvalue weighted by atomic mass is 32.2. The maximum atomic E-state index is 14.4. The zero-order valence-electron chi connectivity index (χ0n) is 42.3. The molecule has 0 aromatic heterocycles. The molecule has 0 saturated carbocycles. The lowest BCUT2D eigenvalue weighted by molar-refractivity contribution is -0.141. The number of carbonyl (C=O) groups is 6. The van der Waals surface area contributed by atoms with E-state index in [1.165, 1.54) is 42.2 Å². The summed E-state index contributed by atoms with van der Waals surface area (Å²) >= 11 is 0. The van der Waals surface area contributed by atoms with Gasteiger partial charge in [-0.15, -0.1) is 0 Å². The monoisotopic (exact) mass is 973 g/mol. The molecular weight excluding hydrogens is 897 g/mol. The first-order valence-electron chi connectivity index (χ1n) is 23.7. The molecule has 0 aliphatic rings. The van der Waals surface area contributed by atoms with Crippen LogP contribution in [0, 0.1) is 11.3 Å². The van der Waals surface area contributed by atoms with Crippen LogP contribution in [0.25, 0.3) is 0 Å². The summed E-state index contributed by atoms with van der Waals surface area (Å²) in [5.74, 6) is -3.26. The minimum absolute atomic E-state index is 0.0377. The highest BCUT2D eigenvalue weighted by molar-refractivity contribution is 7.90. The molecule has 17 heteroatoms. The van der Waals surface area contributed by atoms with E-state index in [4.69, 9.17) is 5.73 Å². The molecule has 0 heterocycles. The van der Waals surface area contributed by atoms with Crippen LogP contribution < -0.4 is 37.0 Å². The molecule has 6 amide bonds. The van der Waals surface area contributed by atoms with Crippen LogP contribution in [-0.4, -0.2) is 99.6 Å². The lowest BCUT2D eigenvalue weighted by Crippen LogP contribution is -2.61. The van der Waals surface area contributed by atoms with E-state index in [1.54, 1.807) is 14.1 Å². The van der Waals surface area contributed by atoms with Crippen molar-refractivity contribution in [1.29, 1.82) is 0 Å². The molecule has 16 nitrogen and oxygen atoms in total. The standard InChI is InChI=1S/C52H76N8O8S/c1-12-21-43(61)56-41(33-36-22-15-13-16-23-36)48(64)57-40(26-19-20-31-53)47(63)55-38-27-29-39(30-28-38)69(67,68)59-46(62)35(4)32-42(34(2)3)60(11)50(66)45(51(5,6)7)58-49(65)44(54-10)52(8,9)37-24-17-14-18-25-37/h13-18,22-25,27-30,32,34,40-42,44-45,54H,12,19-21,26,31,33,53H2,1-11H3,(H,55,63)(H,56,61)(H,57,64)(H,58,65)(H,59,62)/b35-32+/t40-,41-,42+,44+,45?/m0/s1. The van der Waals surface area contributed by atoms with E-state index in [-0.39, 0.29) is 53.2 Å². The van der Waals surface area contributed by atoms with Gasteiger partial charge in [-0.3, -0.25) is 28.8 Å². The quantitative estimate of drug-likeness (QED) is 0.0438. The Morgan fingerprint density at radius 2 is 1.35 bits per heavy atom. The third kappa shape index (κ3) is 16.9. The summed E-state index contributed by atoms with van der Waals surface area (Å²) in [5.41, 5.74) is 6.40. The minimum atomic E-state index is -4.42. The van der Waals surface area contributed by atoms with Crippen LogP contribution in [0.1, 0.15) is 106 Å². The second-order valence-corrected chi connectivity index (χ2v) is 21.2. The molecular formula is C52H76N8O8S. The number of rotatable bonds is 25. The number of amides is 6. The van der Waals surface area contributed by atoms with Crippen LogP contribution in [-0.2, 0) is 50.6 Å². The summed E-state index contributed by atoms with van der Waals surface area (Å²) in [5, 5.41) is 14.5. The predicted molar refractivity (Wildman–Crippen MR) is 271 cm³/mol. The Morgan fingerprint density at radius 1 is 0.754 bits per heavy atom. The van der Waals surface area contributed by atoms with Gasteiger partial charge in [0, 0.05) is 36.6 Å². The number of anilines is 1. The third-order valence-corrected chi connectivity index (χ3v) is 13.4. The zero-order chi connectivity index (χ0) is 51.7. The van der Waals surface area contributed by atoms with Crippen molar-refractivity contribution in [3.8, 4) is 0 Å². The fraction of sp³-hybridized carbons (Fsp3) is 0.500. The van der Waals surface area contributed by atoms with Gasteiger partial charge >= 0.3 is 0 Å². The molecule has 0 bridgehead atoms. The number of hydrogen-bond donors (Lipinski definition) is 7. The maximum absolute atomic E-state index is 14.4. The fourth-order valence-electron chi connectivity index (χ4n) is 7.96. The predicted octanol–water partition coefficient (Wildman–Crippen LogP) is 5.10. The number of hydrogen-bond acceptors (Lipinski definition) is 10. The molecule has 1 unspecified atom stereocenters. The van der Waals surface area contributed by atoms with E-state index in [2.05, 4.69) is 31.3 Å². The van der Waals surface area contributed by atoms with Crippen molar-refractivity contribution in [2.24, 2.45) is 17.1 Å². The number of unbranched alkanes of at least 4 members (excludes halogenated alkanes) is 1. The third-order valence-electron chi connectivity index (χ3n) is 12.1. The molecule has 0 fully saturated rings. The number of benzene rings is 3. The molecule has 378 valence electrons. The van der Waals surface area contributed by atoms with Crippen molar-refractivity contribution >= 4 is 51.2 Å². The summed E-state index contributed by atoms with van der Waals surface area (Å²) in [6.45, 7) is 16.9. The molecule has 3 aromatic carbocycles. The fourth-order valence-corrected chi connectivity index (χ4v) is 8.97. The van der Waals surface area contributed by atoms with Crippen molar-refractivity contribution in [2.45, 2.75) is 141 Å². The number of sulfonamides is 1. The number of nitrogens with two attached hydrogens (primary N) is 1. The van der Waals surface area contributed by atoms with Crippen LogP contribution >= 0.6 is 0 Å². The average molecular weight is 973 g/mol. The second-order valence-electron chi connectivity index (χ2n) is 19.5. The van der Waals surface area contributed by atoms with Crippen LogP contribution in [0.15, 0.2) is 101 Å².